The molecular formula is C19H17F3N2O. The molecule has 2 atom stereocenters. The molecule has 0 aliphatic rings. The summed E-state index contributed by atoms with van der Waals surface area (Å²) in [6.07, 6.45) is -4.64. The second-order valence-corrected chi connectivity index (χ2v) is 5.72. The number of halogens is 3. The van der Waals surface area contributed by atoms with Crippen LogP contribution in [0.15, 0.2) is 66.9 Å². The molecule has 0 saturated carbocycles. The lowest BCUT2D eigenvalue weighted by molar-refractivity contribution is -0.156. The van der Waals surface area contributed by atoms with Crippen LogP contribution < -0.4 is 10.5 Å². The maximum absolute atomic E-state index is 13.4. The van der Waals surface area contributed by atoms with Gasteiger partial charge in [-0.15, -0.1) is 0 Å². The number of ether oxygens (including phenoxy) is 1. The SMILES string of the molecule is NC(CC(c1ccccn1)C(F)(F)F)Oc1cccc2ccccc12. The average Bonchev–Trinajstić information content (AvgIpc) is 2.60. The molecule has 0 fully saturated rings. The number of nitrogens with zero attached hydrogens (tertiary/aromatic N) is 1. The van der Waals surface area contributed by atoms with E-state index in [2.05, 4.69) is 4.98 Å². The minimum atomic E-state index is -4.45. The monoisotopic (exact) mass is 346 g/mol. The third kappa shape index (κ3) is 4.09. The smallest absolute Gasteiger partial charge is 0.397 e. The van der Waals surface area contributed by atoms with Gasteiger partial charge in [-0.05, 0) is 23.6 Å². The minimum Gasteiger partial charge on any atom is -0.475 e. The van der Waals surface area contributed by atoms with E-state index in [1.54, 1.807) is 18.2 Å². The van der Waals surface area contributed by atoms with Crippen LogP contribution in [0.2, 0.25) is 0 Å². The molecule has 1 aromatic heterocycles. The highest BCUT2D eigenvalue weighted by atomic mass is 19.4. The van der Waals surface area contributed by atoms with Gasteiger partial charge in [-0.25, -0.2) is 0 Å². The molecule has 3 rings (SSSR count). The van der Waals surface area contributed by atoms with Gasteiger partial charge in [-0.2, -0.15) is 13.2 Å². The largest absolute Gasteiger partial charge is 0.475 e. The third-order valence-corrected chi connectivity index (χ3v) is 3.94. The van der Waals surface area contributed by atoms with Crippen LogP contribution in [-0.4, -0.2) is 17.4 Å². The van der Waals surface area contributed by atoms with Crippen molar-refractivity contribution >= 4 is 10.8 Å². The number of fused-ring (bicyclic) bond motifs is 1. The van der Waals surface area contributed by atoms with E-state index in [-0.39, 0.29) is 5.69 Å². The van der Waals surface area contributed by atoms with E-state index < -0.39 is 24.7 Å². The molecule has 1 heterocycles. The Kier molecular flexibility index (Phi) is 4.90. The van der Waals surface area contributed by atoms with Crippen molar-refractivity contribution in [2.75, 3.05) is 0 Å². The summed E-state index contributed by atoms with van der Waals surface area (Å²) in [5.74, 6) is -1.31. The number of hydrogen-bond acceptors (Lipinski definition) is 3. The van der Waals surface area contributed by atoms with Gasteiger partial charge in [0.15, 0.2) is 0 Å². The average molecular weight is 346 g/mol. The molecule has 2 aromatic carbocycles. The molecule has 0 spiro atoms. The summed E-state index contributed by atoms with van der Waals surface area (Å²) in [4.78, 5) is 3.82. The molecular weight excluding hydrogens is 329 g/mol. The van der Waals surface area contributed by atoms with Crippen LogP contribution in [0, 0.1) is 0 Å². The quantitative estimate of drug-likeness (QED) is 0.685. The van der Waals surface area contributed by atoms with Crippen LogP contribution in [0.1, 0.15) is 18.0 Å². The Balaban J connectivity index is 1.81. The number of nitrogens with two attached hydrogens (primary N) is 1. The Morgan fingerprint density at radius 1 is 0.960 bits per heavy atom. The van der Waals surface area contributed by atoms with Gasteiger partial charge in [0.25, 0.3) is 0 Å². The van der Waals surface area contributed by atoms with Crippen LogP contribution in [-0.2, 0) is 0 Å². The first-order chi connectivity index (χ1) is 11.9. The number of benzene rings is 2. The van der Waals surface area contributed by atoms with Crippen molar-refractivity contribution in [2.24, 2.45) is 5.73 Å². The molecule has 0 radical (unpaired) electrons. The van der Waals surface area contributed by atoms with Crippen molar-refractivity contribution in [1.82, 2.24) is 4.98 Å². The van der Waals surface area contributed by atoms with Crippen LogP contribution in [0.25, 0.3) is 10.8 Å². The lowest BCUT2D eigenvalue weighted by Gasteiger charge is -2.24. The maximum atomic E-state index is 13.4. The zero-order valence-electron chi connectivity index (χ0n) is 13.3. The highest BCUT2D eigenvalue weighted by molar-refractivity contribution is 5.88. The highest BCUT2D eigenvalue weighted by Crippen LogP contribution is 2.37. The van der Waals surface area contributed by atoms with Gasteiger partial charge < -0.3 is 4.74 Å². The predicted molar refractivity (Wildman–Crippen MR) is 90.2 cm³/mol. The van der Waals surface area contributed by atoms with E-state index in [1.165, 1.54) is 18.3 Å². The van der Waals surface area contributed by atoms with Crippen LogP contribution >= 0.6 is 0 Å². The molecule has 0 saturated heterocycles. The Morgan fingerprint density at radius 3 is 2.40 bits per heavy atom. The van der Waals surface area contributed by atoms with Crippen molar-refractivity contribution in [1.29, 1.82) is 0 Å². The van der Waals surface area contributed by atoms with Gasteiger partial charge in [0.2, 0.25) is 0 Å². The molecule has 0 bridgehead atoms. The van der Waals surface area contributed by atoms with E-state index in [1.807, 2.05) is 30.3 Å². The first kappa shape index (κ1) is 17.2. The summed E-state index contributed by atoms with van der Waals surface area (Å²) < 4.78 is 45.8. The Labute approximate surface area is 143 Å². The predicted octanol–water partition coefficient (Wildman–Crippen LogP) is 4.63. The molecule has 0 aliphatic heterocycles. The van der Waals surface area contributed by atoms with Crippen LogP contribution in [0.5, 0.6) is 5.75 Å². The molecule has 25 heavy (non-hydrogen) atoms. The number of alkyl halides is 3. The number of pyridine rings is 1. The number of rotatable bonds is 5. The molecule has 130 valence electrons. The Bertz CT molecular complexity index is 831. The summed E-state index contributed by atoms with van der Waals surface area (Å²) in [6, 6.07) is 17.3. The first-order valence-electron chi connectivity index (χ1n) is 7.83. The van der Waals surface area contributed by atoms with Crippen molar-refractivity contribution in [3.8, 4) is 5.75 Å². The van der Waals surface area contributed by atoms with Crippen molar-refractivity contribution in [3.63, 3.8) is 0 Å². The fraction of sp³-hybridized carbons (Fsp3) is 0.211. The molecule has 3 nitrogen and oxygen atoms in total. The van der Waals surface area contributed by atoms with Crippen molar-refractivity contribution < 1.29 is 17.9 Å². The van der Waals surface area contributed by atoms with Crippen molar-refractivity contribution in [2.45, 2.75) is 24.7 Å². The van der Waals surface area contributed by atoms with E-state index >= 15 is 0 Å². The number of hydrogen-bond donors (Lipinski definition) is 1. The second-order valence-electron chi connectivity index (χ2n) is 5.72. The third-order valence-electron chi connectivity index (χ3n) is 3.94. The van der Waals surface area contributed by atoms with Crippen LogP contribution in [0.4, 0.5) is 13.2 Å². The number of aromatic nitrogens is 1. The Hall–Kier alpha value is -2.60. The summed E-state index contributed by atoms with van der Waals surface area (Å²) in [5.41, 5.74) is 5.82. The standard InChI is InChI=1S/C19H17F3N2O/c20-19(21,22)15(16-9-3-4-11-24-16)12-18(23)25-17-10-5-7-13-6-1-2-8-14(13)17/h1-11,15,18H,12,23H2. The maximum Gasteiger partial charge on any atom is 0.397 e. The summed E-state index contributed by atoms with van der Waals surface area (Å²) in [7, 11) is 0. The molecule has 2 N–H and O–H groups in total. The normalized spacial score (nSPS) is 14.2. The summed E-state index contributed by atoms with van der Waals surface area (Å²) >= 11 is 0. The zero-order valence-corrected chi connectivity index (χ0v) is 13.3. The van der Waals surface area contributed by atoms with Gasteiger partial charge in [-0.3, -0.25) is 10.7 Å². The van der Waals surface area contributed by atoms with Crippen LogP contribution in [0.3, 0.4) is 0 Å². The second kappa shape index (κ2) is 7.11. The van der Waals surface area contributed by atoms with Crippen molar-refractivity contribution in [3.05, 3.63) is 72.6 Å². The first-order valence-corrected chi connectivity index (χ1v) is 7.83. The summed E-state index contributed by atoms with van der Waals surface area (Å²) in [5, 5.41) is 1.74. The fourth-order valence-corrected chi connectivity index (χ4v) is 2.75. The Morgan fingerprint density at radius 2 is 1.68 bits per heavy atom. The van der Waals surface area contributed by atoms with E-state index in [0.717, 1.165) is 10.8 Å². The summed E-state index contributed by atoms with van der Waals surface area (Å²) in [6.45, 7) is 0. The lowest BCUT2D eigenvalue weighted by atomic mass is 9.99. The minimum absolute atomic E-state index is 0.0630. The van der Waals surface area contributed by atoms with E-state index in [9.17, 15) is 13.2 Å². The van der Waals surface area contributed by atoms with Gasteiger partial charge in [0.1, 0.15) is 17.9 Å². The van der Waals surface area contributed by atoms with Gasteiger partial charge >= 0.3 is 6.18 Å². The molecule has 6 heteroatoms. The molecule has 0 amide bonds. The fourth-order valence-electron chi connectivity index (χ4n) is 2.75. The van der Waals surface area contributed by atoms with E-state index in [4.69, 9.17) is 10.5 Å². The molecule has 2 unspecified atom stereocenters. The topological polar surface area (TPSA) is 48.1 Å². The molecule has 0 aliphatic carbocycles. The van der Waals surface area contributed by atoms with Gasteiger partial charge in [0.05, 0.1) is 5.69 Å². The lowest BCUT2D eigenvalue weighted by Crippen LogP contribution is -2.34. The van der Waals surface area contributed by atoms with E-state index in [0.29, 0.717) is 5.75 Å². The highest BCUT2D eigenvalue weighted by Gasteiger charge is 2.42. The zero-order chi connectivity index (χ0) is 17.9. The molecule has 3 aromatic rings. The van der Waals surface area contributed by atoms with Gasteiger partial charge in [0, 0.05) is 18.0 Å². The van der Waals surface area contributed by atoms with Gasteiger partial charge in [-0.1, -0.05) is 42.5 Å².